The first-order chi connectivity index (χ1) is 8.95. The topological polar surface area (TPSA) is 50.8 Å². The van der Waals surface area contributed by atoms with Gasteiger partial charge in [0.1, 0.15) is 5.54 Å². The summed E-state index contributed by atoms with van der Waals surface area (Å²) in [5.74, 6) is -0.188. The highest BCUT2D eigenvalue weighted by atomic mass is 16.5. The maximum atomic E-state index is 12.0. The number of carbonyl (C=O) groups is 1. The Labute approximate surface area is 117 Å². The Morgan fingerprint density at radius 1 is 1.42 bits per heavy atom. The first-order valence-corrected chi connectivity index (χ1v) is 7.04. The van der Waals surface area contributed by atoms with Crippen LogP contribution in [0.3, 0.4) is 0 Å². The minimum atomic E-state index is -0.643. The number of esters is 1. The third-order valence-corrected chi connectivity index (χ3v) is 3.59. The Hall–Kier alpha value is -0.650. The highest BCUT2D eigenvalue weighted by molar-refractivity contribution is 5.80. The van der Waals surface area contributed by atoms with Crippen LogP contribution in [0.2, 0.25) is 0 Å². The fourth-order valence-electron chi connectivity index (χ4n) is 2.20. The van der Waals surface area contributed by atoms with Gasteiger partial charge in [0, 0.05) is 19.7 Å². The molecular formula is C14H30N2O3. The maximum absolute atomic E-state index is 12.0. The predicted octanol–water partition coefficient (Wildman–Crippen LogP) is 1.27. The summed E-state index contributed by atoms with van der Waals surface area (Å²) < 4.78 is 10.3. The summed E-state index contributed by atoms with van der Waals surface area (Å²) in [6.07, 6.45) is 0.708. The van der Waals surface area contributed by atoms with E-state index in [-0.39, 0.29) is 12.0 Å². The van der Waals surface area contributed by atoms with Gasteiger partial charge in [0.2, 0.25) is 0 Å². The molecule has 2 unspecified atom stereocenters. The molecule has 5 nitrogen and oxygen atoms in total. The van der Waals surface area contributed by atoms with Gasteiger partial charge in [0.15, 0.2) is 0 Å². The summed E-state index contributed by atoms with van der Waals surface area (Å²) >= 11 is 0. The number of ether oxygens (including phenoxy) is 2. The molecule has 0 amide bonds. The molecular weight excluding hydrogens is 244 g/mol. The second-order valence-electron chi connectivity index (χ2n) is 4.98. The number of hydrogen-bond donors (Lipinski definition) is 1. The van der Waals surface area contributed by atoms with Crippen LogP contribution in [0.25, 0.3) is 0 Å². The molecule has 19 heavy (non-hydrogen) atoms. The number of nitrogens with one attached hydrogen (secondary N) is 1. The SMILES string of the molecule is CCOC(=O)C(C)(CC(C)N(CC)CCOC)NC. The Morgan fingerprint density at radius 2 is 2.05 bits per heavy atom. The van der Waals surface area contributed by atoms with Crippen LogP contribution in [0, 0.1) is 0 Å². The average Bonchev–Trinajstić information content (AvgIpc) is 2.39. The van der Waals surface area contributed by atoms with Crippen LogP contribution in [-0.2, 0) is 14.3 Å². The molecule has 0 rings (SSSR count). The number of likely N-dealkylation sites (N-methyl/N-ethyl adjacent to an activating group) is 2. The lowest BCUT2D eigenvalue weighted by molar-refractivity contribution is -0.151. The van der Waals surface area contributed by atoms with E-state index in [0.29, 0.717) is 19.6 Å². The second-order valence-corrected chi connectivity index (χ2v) is 4.98. The van der Waals surface area contributed by atoms with Gasteiger partial charge >= 0.3 is 5.97 Å². The minimum absolute atomic E-state index is 0.188. The third kappa shape index (κ3) is 5.89. The number of carbonyl (C=O) groups excluding carboxylic acids is 1. The van der Waals surface area contributed by atoms with Crippen molar-refractivity contribution in [2.24, 2.45) is 0 Å². The largest absolute Gasteiger partial charge is 0.465 e. The van der Waals surface area contributed by atoms with E-state index in [2.05, 4.69) is 24.1 Å². The molecule has 0 fully saturated rings. The summed E-state index contributed by atoms with van der Waals surface area (Å²) in [5.41, 5.74) is -0.643. The molecule has 114 valence electrons. The highest BCUT2D eigenvalue weighted by Gasteiger charge is 2.35. The molecule has 0 spiro atoms. The van der Waals surface area contributed by atoms with Crippen molar-refractivity contribution < 1.29 is 14.3 Å². The Balaban J connectivity index is 4.61. The van der Waals surface area contributed by atoms with Gasteiger partial charge in [-0.05, 0) is 40.8 Å². The van der Waals surface area contributed by atoms with Gasteiger partial charge in [-0.2, -0.15) is 0 Å². The highest BCUT2D eigenvalue weighted by Crippen LogP contribution is 2.18. The molecule has 0 aromatic carbocycles. The summed E-state index contributed by atoms with van der Waals surface area (Å²) in [5, 5.41) is 3.10. The van der Waals surface area contributed by atoms with Gasteiger partial charge in [-0.3, -0.25) is 9.69 Å². The van der Waals surface area contributed by atoms with Gasteiger partial charge in [-0.1, -0.05) is 6.92 Å². The molecule has 0 saturated carbocycles. The number of methoxy groups -OCH3 is 1. The summed E-state index contributed by atoms with van der Waals surface area (Å²) in [4.78, 5) is 14.3. The molecule has 0 bridgehead atoms. The lowest BCUT2D eigenvalue weighted by atomic mass is 9.93. The van der Waals surface area contributed by atoms with E-state index >= 15 is 0 Å². The fraction of sp³-hybridized carbons (Fsp3) is 0.929. The Morgan fingerprint density at radius 3 is 2.47 bits per heavy atom. The molecule has 1 N–H and O–H groups in total. The van der Waals surface area contributed by atoms with Crippen LogP contribution in [0.1, 0.15) is 34.1 Å². The van der Waals surface area contributed by atoms with Gasteiger partial charge in [0.05, 0.1) is 13.2 Å². The summed E-state index contributed by atoms with van der Waals surface area (Å²) in [6.45, 7) is 10.9. The quantitative estimate of drug-likeness (QED) is 0.608. The van der Waals surface area contributed by atoms with Crippen molar-refractivity contribution in [3.8, 4) is 0 Å². The van der Waals surface area contributed by atoms with Crippen molar-refractivity contribution in [1.29, 1.82) is 0 Å². The standard InChI is InChI=1S/C14H30N2O3/c1-7-16(9-10-18-6)12(3)11-14(4,15-5)13(17)19-8-2/h12,15H,7-11H2,1-6H3. The van der Waals surface area contributed by atoms with Crippen molar-refractivity contribution in [2.45, 2.75) is 45.7 Å². The van der Waals surface area contributed by atoms with Crippen LogP contribution in [0.4, 0.5) is 0 Å². The van der Waals surface area contributed by atoms with Crippen LogP contribution >= 0.6 is 0 Å². The van der Waals surface area contributed by atoms with E-state index in [1.807, 2.05) is 13.8 Å². The zero-order valence-electron chi connectivity index (χ0n) is 13.3. The summed E-state index contributed by atoms with van der Waals surface area (Å²) in [6, 6.07) is 0.280. The molecule has 0 saturated heterocycles. The first kappa shape index (κ1) is 18.4. The molecule has 0 aromatic rings. The first-order valence-electron chi connectivity index (χ1n) is 7.04. The zero-order chi connectivity index (χ0) is 14.9. The molecule has 0 heterocycles. The Bertz CT molecular complexity index is 261. The molecule has 0 aliphatic carbocycles. The van der Waals surface area contributed by atoms with Gasteiger partial charge in [-0.25, -0.2) is 0 Å². The smallest absolute Gasteiger partial charge is 0.326 e. The number of nitrogens with zero attached hydrogens (tertiary/aromatic N) is 1. The van der Waals surface area contributed by atoms with Crippen LogP contribution in [0.15, 0.2) is 0 Å². The average molecular weight is 274 g/mol. The third-order valence-electron chi connectivity index (χ3n) is 3.59. The molecule has 5 heteroatoms. The summed E-state index contributed by atoms with van der Waals surface area (Å²) in [7, 11) is 3.50. The van der Waals surface area contributed by atoms with E-state index in [1.54, 1.807) is 14.2 Å². The van der Waals surface area contributed by atoms with Crippen LogP contribution in [-0.4, -0.2) is 62.9 Å². The van der Waals surface area contributed by atoms with Crippen molar-refractivity contribution in [3.63, 3.8) is 0 Å². The van der Waals surface area contributed by atoms with Crippen molar-refractivity contribution in [3.05, 3.63) is 0 Å². The van der Waals surface area contributed by atoms with E-state index < -0.39 is 5.54 Å². The maximum Gasteiger partial charge on any atom is 0.326 e. The zero-order valence-corrected chi connectivity index (χ0v) is 13.3. The number of hydrogen-bond acceptors (Lipinski definition) is 5. The van der Waals surface area contributed by atoms with Gasteiger partial charge in [0.25, 0.3) is 0 Å². The van der Waals surface area contributed by atoms with Gasteiger partial charge < -0.3 is 14.8 Å². The molecule has 0 aromatic heterocycles. The second kappa shape index (κ2) is 9.28. The van der Waals surface area contributed by atoms with Crippen LogP contribution in [0.5, 0.6) is 0 Å². The predicted molar refractivity (Wildman–Crippen MR) is 77.3 cm³/mol. The monoisotopic (exact) mass is 274 g/mol. The van der Waals surface area contributed by atoms with Crippen molar-refractivity contribution in [2.75, 3.05) is 40.5 Å². The van der Waals surface area contributed by atoms with E-state index in [0.717, 1.165) is 13.1 Å². The van der Waals surface area contributed by atoms with E-state index in [4.69, 9.17) is 9.47 Å². The van der Waals surface area contributed by atoms with E-state index in [9.17, 15) is 4.79 Å². The number of rotatable bonds is 10. The van der Waals surface area contributed by atoms with Crippen molar-refractivity contribution in [1.82, 2.24) is 10.2 Å². The lowest BCUT2D eigenvalue weighted by Gasteiger charge is -2.35. The minimum Gasteiger partial charge on any atom is -0.465 e. The lowest BCUT2D eigenvalue weighted by Crippen LogP contribution is -2.53. The fourth-order valence-corrected chi connectivity index (χ4v) is 2.20. The molecule has 0 radical (unpaired) electrons. The molecule has 0 aliphatic heterocycles. The van der Waals surface area contributed by atoms with Crippen LogP contribution < -0.4 is 5.32 Å². The molecule has 0 aliphatic rings. The normalized spacial score (nSPS) is 16.2. The Kier molecular flexibility index (Phi) is 8.97. The molecule has 2 atom stereocenters. The van der Waals surface area contributed by atoms with Gasteiger partial charge in [-0.15, -0.1) is 0 Å². The van der Waals surface area contributed by atoms with E-state index in [1.165, 1.54) is 0 Å². The van der Waals surface area contributed by atoms with Crippen molar-refractivity contribution >= 4 is 5.97 Å².